The van der Waals surface area contributed by atoms with Crippen molar-refractivity contribution in [3.05, 3.63) is 65.2 Å². The number of carbonyl (C=O) groups is 3. The van der Waals surface area contributed by atoms with Gasteiger partial charge < -0.3 is 14.8 Å². The number of aryl methyl sites for hydroxylation is 1. The lowest BCUT2D eigenvalue weighted by atomic mass is 9.72. The Balaban J connectivity index is 1.80. The first kappa shape index (κ1) is 37.3. The zero-order chi connectivity index (χ0) is 34.0. The highest BCUT2D eigenvalue weighted by Crippen LogP contribution is 2.49. The molecule has 1 aliphatic heterocycles. The van der Waals surface area contributed by atoms with E-state index in [9.17, 15) is 18.9 Å². The van der Waals surface area contributed by atoms with Crippen LogP contribution in [0, 0.1) is 18.3 Å². The first-order valence-corrected chi connectivity index (χ1v) is 18.2. The molecular formula is C36H53N2O7P. The van der Waals surface area contributed by atoms with Crippen LogP contribution in [0.25, 0.3) is 0 Å². The van der Waals surface area contributed by atoms with Gasteiger partial charge in [0.05, 0.1) is 11.7 Å². The molecule has 2 aromatic rings. The van der Waals surface area contributed by atoms with E-state index < -0.39 is 38.0 Å². The van der Waals surface area contributed by atoms with E-state index in [2.05, 4.69) is 12.2 Å². The Bertz CT molecular complexity index is 1320. The molecule has 9 nitrogen and oxygen atoms in total. The summed E-state index contributed by atoms with van der Waals surface area (Å²) < 4.78 is 31.1. The number of nitrogens with one attached hydrogen (secondary N) is 1. The zero-order valence-corrected chi connectivity index (χ0v) is 29.8. The van der Waals surface area contributed by atoms with Gasteiger partial charge in [-0.1, -0.05) is 103 Å². The summed E-state index contributed by atoms with van der Waals surface area (Å²) in [4.78, 5) is 40.3. The van der Waals surface area contributed by atoms with E-state index >= 15 is 0 Å². The molecule has 0 radical (unpaired) electrons. The number of carbonyl (C=O) groups excluding carboxylic acids is 3. The summed E-state index contributed by atoms with van der Waals surface area (Å²) in [5.74, 6) is -0.287. The second kappa shape index (κ2) is 17.1. The molecular weight excluding hydrogens is 603 g/mol. The van der Waals surface area contributed by atoms with E-state index in [-0.39, 0.29) is 29.9 Å². The maximum Gasteiger partial charge on any atom is 0.327 e. The molecule has 0 saturated carbocycles. The van der Waals surface area contributed by atoms with Crippen LogP contribution in [0.1, 0.15) is 122 Å². The van der Waals surface area contributed by atoms with Crippen LogP contribution in [0.15, 0.2) is 48.5 Å². The molecule has 1 fully saturated rings. The van der Waals surface area contributed by atoms with E-state index in [0.717, 1.165) is 36.0 Å². The number of β-lactam (4-membered cyclic amide) rings is 1. The molecule has 1 aliphatic rings. The van der Waals surface area contributed by atoms with Gasteiger partial charge in [-0.25, -0.2) is 9.69 Å². The van der Waals surface area contributed by atoms with E-state index in [1.54, 1.807) is 19.1 Å². The van der Waals surface area contributed by atoms with Crippen LogP contribution < -0.4 is 10.1 Å². The van der Waals surface area contributed by atoms with Gasteiger partial charge in [-0.05, 0) is 55.9 Å². The first-order valence-electron chi connectivity index (χ1n) is 16.8. The lowest BCUT2D eigenvalue weighted by Crippen LogP contribution is -2.73. The number of imide groups is 1. The van der Waals surface area contributed by atoms with Crippen LogP contribution in [0.2, 0.25) is 0 Å². The van der Waals surface area contributed by atoms with Crippen molar-refractivity contribution in [2.75, 3.05) is 0 Å². The van der Waals surface area contributed by atoms with Crippen LogP contribution in [-0.4, -0.2) is 35.3 Å². The molecule has 1 saturated heterocycles. The van der Waals surface area contributed by atoms with Crippen molar-refractivity contribution >= 4 is 25.9 Å². The SMILES string of the molecule is CCCC(c1ccc(O[C@@H]2N(C(=O)N[C@H](CCC)c3ccc(C)cc3)C(=O)C2(CC)CC)cc1)[PH](=O)OC(OC(=O)CC)C(C)C. The molecule has 3 rings (SSSR count). The molecule has 254 valence electrons. The Labute approximate surface area is 275 Å². The Morgan fingerprint density at radius 3 is 2.02 bits per heavy atom. The fourth-order valence-electron chi connectivity index (χ4n) is 5.85. The molecule has 3 unspecified atom stereocenters. The number of esters is 1. The van der Waals surface area contributed by atoms with Crippen LogP contribution in [0.5, 0.6) is 5.75 Å². The predicted molar refractivity (Wildman–Crippen MR) is 181 cm³/mol. The Morgan fingerprint density at radius 1 is 0.913 bits per heavy atom. The summed E-state index contributed by atoms with van der Waals surface area (Å²) in [5.41, 5.74) is 1.76. The number of benzene rings is 2. The van der Waals surface area contributed by atoms with Crippen molar-refractivity contribution in [2.45, 2.75) is 125 Å². The van der Waals surface area contributed by atoms with Gasteiger partial charge in [-0.2, -0.15) is 0 Å². The molecule has 2 aromatic carbocycles. The van der Waals surface area contributed by atoms with E-state index in [0.29, 0.717) is 25.0 Å². The fraction of sp³-hybridized carbons (Fsp3) is 0.583. The number of nitrogens with zero attached hydrogens (tertiary/aromatic N) is 1. The third-order valence-electron chi connectivity index (χ3n) is 8.89. The highest BCUT2D eigenvalue weighted by molar-refractivity contribution is 7.39. The van der Waals surface area contributed by atoms with Gasteiger partial charge in [0, 0.05) is 12.3 Å². The molecule has 0 aromatic heterocycles. The largest absolute Gasteiger partial charge is 0.469 e. The van der Waals surface area contributed by atoms with E-state index in [4.69, 9.17) is 14.0 Å². The average Bonchev–Trinajstić information content (AvgIpc) is 3.04. The van der Waals surface area contributed by atoms with Crippen molar-refractivity contribution < 1.29 is 32.9 Å². The topological polar surface area (TPSA) is 111 Å². The standard InChI is InChI=1S/C36H53N2O7P/c1-9-14-29(26-18-16-25(8)17-19-26)37-35(41)38-33(40)36(12-4,13-5)34(38)43-28-22-20-27(21-23-28)30(15-10-2)46(42)45-32(24(6)7)44-31(39)11-3/h16-24,29-30,32,34,46H,9-15H2,1-8H3,(H,37,41)/t29-,30?,32?,34+/m1/s1. The number of likely N-dealkylation sites (tertiary alicyclic amines) is 1. The van der Waals surface area contributed by atoms with Crippen molar-refractivity contribution in [2.24, 2.45) is 11.3 Å². The Morgan fingerprint density at radius 2 is 1.50 bits per heavy atom. The smallest absolute Gasteiger partial charge is 0.327 e. The first-order chi connectivity index (χ1) is 22.0. The van der Waals surface area contributed by atoms with Crippen molar-refractivity contribution in [1.29, 1.82) is 0 Å². The van der Waals surface area contributed by atoms with Crippen LogP contribution >= 0.6 is 8.03 Å². The van der Waals surface area contributed by atoms with Gasteiger partial charge in [0.1, 0.15) is 11.2 Å². The molecule has 3 amide bonds. The molecule has 0 spiro atoms. The summed E-state index contributed by atoms with van der Waals surface area (Å²) in [5, 5.41) is 3.09. The number of amides is 3. The molecule has 46 heavy (non-hydrogen) atoms. The summed E-state index contributed by atoms with van der Waals surface area (Å²) in [6.45, 7) is 15.4. The lowest BCUT2D eigenvalue weighted by molar-refractivity contribution is -0.191. The Hall–Kier alpha value is -3.16. The average molecular weight is 657 g/mol. The number of urea groups is 1. The van der Waals surface area contributed by atoms with Gasteiger partial charge >= 0.3 is 12.0 Å². The monoisotopic (exact) mass is 656 g/mol. The number of ether oxygens (including phenoxy) is 2. The third-order valence-corrected chi connectivity index (χ3v) is 10.5. The molecule has 0 aliphatic carbocycles. The third kappa shape index (κ3) is 8.60. The van der Waals surface area contributed by atoms with Crippen LogP contribution in [0.4, 0.5) is 4.79 Å². The highest BCUT2D eigenvalue weighted by atomic mass is 31.1. The summed E-state index contributed by atoms with van der Waals surface area (Å²) in [6.07, 6.45) is 2.64. The van der Waals surface area contributed by atoms with Gasteiger partial charge in [0.15, 0.2) is 6.23 Å². The summed E-state index contributed by atoms with van der Waals surface area (Å²) >= 11 is 0. The maximum atomic E-state index is 13.6. The van der Waals surface area contributed by atoms with Crippen molar-refractivity contribution in [1.82, 2.24) is 10.2 Å². The lowest BCUT2D eigenvalue weighted by Gasteiger charge is -2.53. The summed E-state index contributed by atoms with van der Waals surface area (Å²) in [7, 11) is -2.64. The quantitative estimate of drug-likeness (QED) is 0.0784. The number of hydrogen-bond donors (Lipinski definition) is 1. The second-order valence-corrected chi connectivity index (χ2v) is 14.1. The zero-order valence-electron chi connectivity index (χ0n) is 28.8. The number of rotatable bonds is 17. The Kier molecular flexibility index (Phi) is 13.9. The minimum Gasteiger partial charge on any atom is -0.469 e. The van der Waals surface area contributed by atoms with E-state index in [1.807, 2.05) is 77.9 Å². The summed E-state index contributed by atoms with van der Waals surface area (Å²) in [6, 6.07) is 14.6. The fourth-order valence-corrected chi connectivity index (χ4v) is 7.55. The molecule has 1 heterocycles. The maximum absolute atomic E-state index is 13.6. The van der Waals surface area contributed by atoms with Gasteiger partial charge in [-0.3, -0.25) is 18.7 Å². The van der Waals surface area contributed by atoms with Crippen molar-refractivity contribution in [3.63, 3.8) is 0 Å². The predicted octanol–water partition coefficient (Wildman–Crippen LogP) is 8.87. The number of hydrogen-bond acceptors (Lipinski definition) is 7. The minimum absolute atomic E-state index is 0.153. The van der Waals surface area contributed by atoms with E-state index in [1.165, 1.54) is 4.90 Å². The van der Waals surface area contributed by atoms with Crippen LogP contribution in [0.3, 0.4) is 0 Å². The minimum atomic E-state index is -2.64. The van der Waals surface area contributed by atoms with Gasteiger partial charge in [0.25, 0.3) is 0 Å². The van der Waals surface area contributed by atoms with Crippen molar-refractivity contribution in [3.8, 4) is 5.75 Å². The van der Waals surface area contributed by atoms with Gasteiger partial charge in [-0.15, -0.1) is 0 Å². The normalized spacial score (nSPS) is 18.3. The highest BCUT2D eigenvalue weighted by Gasteiger charge is 2.63. The molecule has 1 N–H and O–H groups in total. The molecule has 0 bridgehead atoms. The van der Waals surface area contributed by atoms with Crippen LogP contribution in [-0.2, 0) is 23.4 Å². The molecule has 10 heteroatoms. The van der Waals surface area contributed by atoms with Gasteiger partial charge in [0.2, 0.25) is 20.2 Å². The second-order valence-electron chi connectivity index (χ2n) is 12.5. The molecule has 5 atom stereocenters.